The lowest BCUT2D eigenvalue weighted by Gasteiger charge is -2.21. The fraction of sp³-hybridized carbons (Fsp3) is 0.219. The first kappa shape index (κ1) is 24.2. The van der Waals surface area contributed by atoms with E-state index in [1.54, 1.807) is 11.8 Å². The lowest BCUT2D eigenvalue weighted by Crippen LogP contribution is -2.16. The molecule has 0 fully saturated rings. The van der Waals surface area contributed by atoms with E-state index in [4.69, 9.17) is 0 Å². The van der Waals surface area contributed by atoms with E-state index >= 15 is 0 Å². The van der Waals surface area contributed by atoms with Gasteiger partial charge in [0.15, 0.2) is 0 Å². The van der Waals surface area contributed by atoms with Crippen LogP contribution in [-0.4, -0.2) is 21.9 Å². The Balaban J connectivity index is 1.82. The van der Waals surface area contributed by atoms with Crippen LogP contribution in [0.3, 0.4) is 0 Å². The summed E-state index contributed by atoms with van der Waals surface area (Å²) in [6.45, 7) is 2.93. The van der Waals surface area contributed by atoms with E-state index in [0.717, 1.165) is 40.9 Å². The van der Waals surface area contributed by atoms with Crippen LogP contribution in [0.15, 0.2) is 95.9 Å². The molecule has 4 aromatic carbocycles. The van der Waals surface area contributed by atoms with Crippen molar-refractivity contribution in [3.63, 3.8) is 0 Å². The summed E-state index contributed by atoms with van der Waals surface area (Å²) in [6, 6.07) is 31.3. The predicted octanol–water partition coefficient (Wildman–Crippen LogP) is 7.93. The zero-order chi connectivity index (χ0) is 25.1. The number of carboxylic acid groups (broad SMARTS) is 1. The van der Waals surface area contributed by atoms with Gasteiger partial charge in [-0.05, 0) is 47.4 Å². The van der Waals surface area contributed by atoms with Gasteiger partial charge in [0.2, 0.25) is 0 Å². The summed E-state index contributed by atoms with van der Waals surface area (Å²) in [6.07, 6.45) is 4.46. The molecule has 0 spiro atoms. The average molecular weight is 494 g/mol. The summed E-state index contributed by atoms with van der Waals surface area (Å²) in [7, 11) is 0. The molecule has 36 heavy (non-hydrogen) atoms. The third kappa shape index (κ3) is 4.54. The third-order valence-corrected chi connectivity index (χ3v) is 7.80. The smallest absolute Gasteiger partial charge is 0.311 e. The van der Waals surface area contributed by atoms with Crippen LogP contribution in [0.1, 0.15) is 41.5 Å². The highest BCUT2D eigenvalue weighted by Gasteiger charge is 2.28. The van der Waals surface area contributed by atoms with E-state index in [1.807, 2.05) is 36.4 Å². The van der Waals surface area contributed by atoms with Crippen LogP contribution in [0, 0.1) is 0 Å². The highest BCUT2D eigenvalue weighted by Crippen LogP contribution is 2.43. The van der Waals surface area contributed by atoms with Crippen molar-refractivity contribution < 1.29 is 9.90 Å². The van der Waals surface area contributed by atoms with Crippen LogP contribution in [0.5, 0.6) is 0 Å². The molecule has 182 valence electrons. The summed E-state index contributed by atoms with van der Waals surface area (Å²) < 4.78 is 2.40. The van der Waals surface area contributed by atoms with E-state index in [0.29, 0.717) is 6.42 Å². The molecule has 1 aromatic heterocycles. The van der Waals surface area contributed by atoms with Crippen molar-refractivity contribution in [1.82, 2.24) is 4.57 Å². The topological polar surface area (TPSA) is 42.2 Å². The first-order valence-electron chi connectivity index (χ1n) is 12.5. The van der Waals surface area contributed by atoms with E-state index in [2.05, 4.69) is 72.3 Å². The highest BCUT2D eigenvalue weighted by molar-refractivity contribution is 7.98. The number of fused-ring (bicyclic) bond motifs is 3. The van der Waals surface area contributed by atoms with Gasteiger partial charge in [-0.25, -0.2) is 0 Å². The molecule has 0 bridgehead atoms. The minimum atomic E-state index is -0.776. The maximum atomic E-state index is 12.7. The number of benzene rings is 4. The van der Waals surface area contributed by atoms with Crippen molar-refractivity contribution in [3.05, 3.63) is 113 Å². The highest BCUT2D eigenvalue weighted by atomic mass is 32.2. The fourth-order valence-electron chi connectivity index (χ4n) is 5.38. The number of aliphatic carboxylic acids is 1. The van der Waals surface area contributed by atoms with E-state index in [-0.39, 0.29) is 0 Å². The summed E-state index contributed by atoms with van der Waals surface area (Å²) in [5.41, 5.74) is 6.78. The van der Waals surface area contributed by atoms with Crippen molar-refractivity contribution >= 4 is 39.5 Å². The van der Waals surface area contributed by atoms with Crippen molar-refractivity contribution in [2.75, 3.05) is 6.26 Å². The van der Waals surface area contributed by atoms with E-state index in [1.165, 1.54) is 27.4 Å². The third-order valence-electron chi connectivity index (χ3n) is 6.96. The number of carbonyl (C=O) groups is 1. The molecule has 0 aliphatic rings. The zero-order valence-corrected chi connectivity index (χ0v) is 21.6. The van der Waals surface area contributed by atoms with Crippen LogP contribution >= 0.6 is 11.8 Å². The Morgan fingerprint density at radius 2 is 1.56 bits per heavy atom. The molecule has 0 aliphatic carbocycles. The first-order chi connectivity index (χ1) is 17.6. The van der Waals surface area contributed by atoms with Gasteiger partial charge in [0.05, 0.1) is 11.4 Å². The molecule has 1 atom stereocenters. The van der Waals surface area contributed by atoms with E-state index < -0.39 is 11.9 Å². The van der Waals surface area contributed by atoms with Crippen LogP contribution in [0.4, 0.5) is 0 Å². The van der Waals surface area contributed by atoms with Crippen molar-refractivity contribution in [1.29, 1.82) is 0 Å². The minimum Gasteiger partial charge on any atom is -0.481 e. The van der Waals surface area contributed by atoms with Gasteiger partial charge in [0.25, 0.3) is 0 Å². The summed E-state index contributed by atoms with van der Waals surface area (Å²) in [4.78, 5) is 13.8. The SMILES string of the molecule is CCCc1cc(C(Cc2ccccc2)C(=O)O)c(SC)c2c1c1ccccc1n2Cc1ccccc1. The van der Waals surface area contributed by atoms with Crippen LogP contribution in [-0.2, 0) is 24.2 Å². The number of carboxylic acids is 1. The molecule has 3 nitrogen and oxygen atoms in total. The number of nitrogens with zero attached hydrogens (tertiary/aromatic N) is 1. The molecule has 0 amide bonds. The number of thioether (sulfide) groups is 1. The second kappa shape index (κ2) is 10.6. The zero-order valence-electron chi connectivity index (χ0n) is 20.8. The van der Waals surface area contributed by atoms with Gasteiger partial charge >= 0.3 is 5.97 Å². The number of hydrogen-bond acceptors (Lipinski definition) is 2. The lowest BCUT2D eigenvalue weighted by atomic mass is 9.88. The molecule has 1 heterocycles. The molecule has 5 aromatic rings. The van der Waals surface area contributed by atoms with Gasteiger partial charge in [-0.2, -0.15) is 0 Å². The molecule has 0 radical (unpaired) electrons. The molecule has 1 N–H and O–H groups in total. The van der Waals surface area contributed by atoms with Gasteiger partial charge < -0.3 is 9.67 Å². The largest absolute Gasteiger partial charge is 0.481 e. The number of aromatic nitrogens is 1. The van der Waals surface area contributed by atoms with E-state index in [9.17, 15) is 9.90 Å². The Hall–Kier alpha value is -3.50. The number of rotatable bonds is 9. The Morgan fingerprint density at radius 1 is 0.917 bits per heavy atom. The molecular formula is C32H31NO2S. The Labute approximate surface area is 216 Å². The van der Waals surface area contributed by atoms with Gasteiger partial charge in [0, 0.05) is 27.7 Å². The maximum absolute atomic E-state index is 12.7. The van der Waals surface area contributed by atoms with Crippen molar-refractivity contribution in [2.24, 2.45) is 0 Å². The van der Waals surface area contributed by atoms with Gasteiger partial charge in [0.1, 0.15) is 0 Å². The second-order valence-electron chi connectivity index (χ2n) is 9.30. The molecular weight excluding hydrogens is 462 g/mol. The lowest BCUT2D eigenvalue weighted by molar-refractivity contribution is -0.138. The van der Waals surface area contributed by atoms with Crippen LogP contribution in [0.2, 0.25) is 0 Å². The first-order valence-corrected chi connectivity index (χ1v) is 13.8. The van der Waals surface area contributed by atoms with Crippen molar-refractivity contribution in [2.45, 2.75) is 43.5 Å². The standard InChI is InChI=1S/C32H31NO2S/c1-3-12-24-20-26(27(32(34)35)19-22-13-6-4-7-14-22)31(36-2)30-29(24)25-17-10-11-18-28(25)33(30)21-23-15-8-5-9-16-23/h4-11,13-18,20,27H,3,12,19,21H2,1-2H3,(H,34,35). The second-order valence-corrected chi connectivity index (χ2v) is 10.1. The number of aryl methyl sites for hydroxylation is 1. The molecule has 5 rings (SSSR count). The van der Waals surface area contributed by atoms with Gasteiger partial charge in [-0.15, -0.1) is 11.8 Å². The minimum absolute atomic E-state index is 0.472. The molecule has 0 saturated carbocycles. The molecule has 0 saturated heterocycles. The summed E-state index contributed by atoms with van der Waals surface area (Å²) >= 11 is 1.66. The quantitative estimate of drug-likeness (QED) is 0.212. The Bertz CT molecular complexity index is 1510. The number of para-hydroxylation sites is 1. The van der Waals surface area contributed by atoms with Crippen LogP contribution in [0.25, 0.3) is 21.8 Å². The predicted molar refractivity (Wildman–Crippen MR) is 151 cm³/mol. The summed E-state index contributed by atoms with van der Waals surface area (Å²) in [5.74, 6) is -1.39. The maximum Gasteiger partial charge on any atom is 0.311 e. The normalized spacial score (nSPS) is 12.3. The Kier molecular flexibility index (Phi) is 7.15. The molecule has 1 unspecified atom stereocenters. The monoisotopic (exact) mass is 493 g/mol. The summed E-state index contributed by atoms with van der Waals surface area (Å²) in [5, 5.41) is 12.9. The van der Waals surface area contributed by atoms with Gasteiger partial charge in [-0.3, -0.25) is 4.79 Å². The van der Waals surface area contributed by atoms with Gasteiger partial charge in [-0.1, -0.05) is 98.3 Å². The number of hydrogen-bond donors (Lipinski definition) is 1. The molecule has 4 heteroatoms. The average Bonchev–Trinajstić information content (AvgIpc) is 3.23. The molecule has 0 aliphatic heterocycles. The Morgan fingerprint density at radius 3 is 2.19 bits per heavy atom. The fourth-order valence-corrected chi connectivity index (χ4v) is 6.22. The van der Waals surface area contributed by atoms with Crippen LogP contribution < -0.4 is 0 Å². The van der Waals surface area contributed by atoms with Crippen molar-refractivity contribution in [3.8, 4) is 0 Å².